The molecule has 0 radical (unpaired) electrons. The summed E-state index contributed by atoms with van der Waals surface area (Å²) >= 11 is 7.78. The van der Waals surface area contributed by atoms with E-state index in [2.05, 4.69) is 10.3 Å². The van der Waals surface area contributed by atoms with Crippen molar-refractivity contribution < 1.29 is 4.79 Å². The molecular weight excluding hydrogens is 364 g/mol. The number of thiazole rings is 1. The van der Waals surface area contributed by atoms with E-state index in [1.54, 1.807) is 17.4 Å². The Kier molecular flexibility index (Phi) is 4.69. The monoisotopic (exact) mass is 378 g/mol. The molecule has 4 rings (SSSR count). The average molecular weight is 379 g/mol. The maximum atomic E-state index is 12.5. The molecule has 0 fully saturated rings. The van der Waals surface area contributed by atoms with Gasteiger partial charge in [0.15, 0.2) is 0 Å². The van der Waals surface area contributed by atoms with Gasteiger partial charge in [0.1, 0.15) is 5.01 Å². The number of amides is 1. The van der Waals surface area contributed by atoms with Crippen LogP contribution in [0.3, 0.4) is 0 Å². The minimum absolute atomic E-state index is 0.0686. The lowest BCUT2D eigenvalue weighted by molar-refractivity contribution is -0.115. The Bertz CT molecular complexity index is 1040. The van der Waals surface area contributed by atoms with Gasteiger partial charge in [0.2, 0.25) is 5.91 Å². The van der Waals surface area contributed by atoms with Gasteiger partial charge < -0.3 is 5.32 Å². The third kappa shape index (κ3) is 3.62. The lowest BCUT2D eigenvalue weighted by atomic mass is 10.1. The number of hydrogen-bond donors (Lipinski definition) is 1. The van der Waals surface area contributed by atoms with E-state index in [-0.39, 0.29) is 5.91 Å². The Hall–Kier alpha value is -2.69. The summed E-state index contributed by atoms with van der Waals surface area (Å²) in [7, 11) is 0. The average Bonchev–Trinajstić information content (AvgIpc) is 3.08. The molecule has 1 heterocycles. The molecular formula is C21H15ClN2OS. The van der Waals surface area contributed by atoms with E-state index in [4.69, 9.17) is 11.6 Å². The van der Waals surface area contributed by atoms with E-state index in [0.717, 1.165) is 32.0 Å². The van der Waals surface area contributed by atoms with E-state index in [0.29, 0.717) is 11.4 Å². The molecule has 0 saturated heterocycles. The van der Waals surface area contributed by atoms with Crippen molar-refractivity contribution in [2.75, 3.05) is 5.32 Å². The van der Waals surface area contributed by atoms with Crippen LogP contribution in [0.5, 0.6) is 0 Å². The van der Waals surface area contributed by atoms with Crippen molar-refractivity contribution in [1.29, 1.82) is 0 Å². The van der Waals surface area contributed by atoms with Gasteiger partial charge in [-0.1, -0.05) is 54.1 Å². The van der Waals surface area contributed by atoms with Crippen molar-refractivity contribution in [1.82, 2.24) is 4.98 Å². The number of benzene rings is 3. The van der Waals surface area contributed by atoms with Crippen molar-refractivity contribution in [3.05, 3.63) is 83.4 Å². The first-order chi connectivity index (χ1) is 12.7. The van der Waals surface area contributed by atoms with Crippen molar-refractivity contribution in [3.8, 4) is 10.6 Å². The summed E-state index contributed by atoms with van der Waals surface area (Å²) in [6.07, 6.45) is 0.322. The zero-order valence-corrected chi connectivity index (χ0v) is 15.3. The number of halogens is 1. The molecule has 0 unspecified atom stereocenters. The smallest absolute Gasteiger partial charge is 0.228 e. The largest absolute Gasteiger partial charge is 0.325 e. The molecule has 0 aliphatic heterocycles. The molecule has 0 bridgehead atoms. The highest BCUT2D eigenvalue weighted by molar-refractivity contribution is 7.21. The maximum absolute atomic E-state index is 12.5. The lowest BCUT2D eigenvalue weighted by Gasteiger charge is -2.10. The van der Waals surface area contributed by atoms with Crippen LogP contribution in [0.25, 0.3) is 20.8 Å². The van der Waals surface area contributed by atoms with E-state index < -0.39 is 0 Å². The summed E-state index contributed by atoms with van der Waals surface area (Å²) in [5.41, 5.74) is 3.46. The zero-order valence-electron chi connectivity index (χ0n) is 13.8. The number of rotatable bonds is 4. The van der Waals surface area contributed by atoms with Crippen LogP contribution in [0.1, 0.15) is 5.56 Å². The Balaban J connectivity index is 1.65. The molecule has 1 N–H and O–H groups in total. The molecule has 0 aliphatic carbocycles. The van der Waals surface area contributed by atoms with Gasteiger partial charge in [-0.05, 0) is 35.9 Å². The molecule has 0 spiro atoms. The molecule has 128 valence electrons. The third-order valence-corrected chi connectivity index (χ3v) is 5.29. The highest BCUT2D eigenvalue weighted by Gasteiger charge is 2.14. The predicted molar refractivity (Wildman–Crippen MR) is 109 cm³/mol. The number of aromatic nitrogens is 1. The maximum Gasteiger partial charge on any atom is 0.228 e. The summed E-state index contributed by atoms with van der Waals surface area (Å²) < 4.78 is 1.10. The Morgan fingerprint density at radius 1 is 1.00 bits per heavy atom. The van der Waals surface area contributed by atoms with Crippen LogP contribution < -0.4 is 5.32 Å². The van der Waals surface area contributed by atoms with Crippen LogP contribution in [0.15, 0.2) is 72.8 Å². The number of fused-ring (bicyclic) bond motifs is 1. The molecule has 4 aromatic rings. The van der Waals surface area contributed by atoms with Crippen LogP contribution in [-0.2, 0) is 11.2 Å². The number of nitrogens with one attached hydrogen (secondary N) is 1. The second-order valence-corrected chi connectivity index (χ2v) is 7.35. The van der Waals surface area contributed by atoms with Gasteiger partial charge in [-0.3, -0.25) is 4.79 Å². The van der Waals surface area contributed by atoms with Gasteiger partial charge in [-0.25, -0.2) is 4.98 Å². The molecule has 3 aromatic carbocycles. The van der Waals surface area contributed by atoms with Crippen LogP contribution in [0.4, 0.5) is 5.69 Å². The Morgan fingerprint density at radius 2 is 1.77 bits per heavy atom. The van der Waals surface area contributed by atoms with Crippen LogP contribution >= 0.6 is 22.9 Å². The van der Waals surface area contributed by atoms with E-state index in [1.807, 2.05) is 66.7 Å². The predicted octanol–water partition coefficient (Wildman–Crippen LogP) is 5.80. The number of hydrogen-bond acceptors (Lipinski definition) is 3. The van der Waals surface area contributed by atoms with E-state index in [1.165, 1.54) is 0 Å². The van der Waals surface area contributed by atoms with Gasteiger partial charge in [-0.2, -0.15) is 0 Å². The SMILES string of the molecule is O=C(Cc1ccccc1)Nc1ccc(Cl)cc1-c1nc2ccccc2s1. The molecule has 5 heteroatoms. The fourth-order valence-corrected chi connectivity index (χ4v) is 3.93. The van der Waals surface area contributed by atoms with Gasteiger partial charge in [0.25, 0.3) is 0 Å². The first-order valence-electron chi connectivity index (χ1n) is 8.18. The molecule has 0 aliphatic rings. The fraction of sp³-hybridized carbons (Fsp3) is 0.0476. The first kappa shape index (κ1) is 16.8. The molecule has 0 saturated carbocycles. The standard InChI is InChI=1S/C21H15ClN2OS/c22-15-10-11-17(23-20(25)12-14-6-2-1-3-7-14)16(13-15)21-24-18-8-4-5-9-19(18)26-21/h1-11,13H,12H2,(H,23,25). The summed E-state index contributed by atoms with van der Waals surface area (Å²) in [6, 6.07) is 23.1. The van der Waals surface area contributed by atoms with Crippen molar-refractivity contribution >= 4 is 44.7 Å². The second-order valence-electron chi connectivity index (χ2n) is 5.89. The fourth-order valence-electron chi connectivity index (χ4n) is 2.77. The first-order valence-corrected chi connectivity index (χ1v) is 9.38. The Morgan fingerprint density at radius 3 is 2.58 bits per heavy atom. The molecule has 26 heavy (non-hydrogen) atoms. The van der Waals surface area contributed by atoms with Crippen molar-refractivity contribution in [3.63, 3.8) is 0 Å². The van der Waals surface area contributed by atoms with Crippen molar-refractivity contribution in [2.24, 2.45) is 0 Å². The summed E-state index contributed by atoms with van der Waals surface area (Å²) in [5, 5.41) is 4.45. The summed E-state index contributed by atoms with van der Waals surface area (Å²) in [5.74, 6) is -0.0686. The van der Waals surface area contributed by atoms with E-state index >= 15 is 0 Å². The van der Waals surface area contributed by atoms with Crippen LogP contribution in [0, 0.1) is 0 Å². The Labute approximate surface area is 160 Å². The normalized spacial score (nSPS) is 10.8. The number of para-hydroxylation sites is 1. The number of anilines is 1. The quantitative estimate of drug-likeness (QED) is 0.487. The summed E-state index contributed by atoms with van der Waals surface area (Å²) in [6.45, 7) is 0. The molecule has 1 aromatic heterocycles. The van der Waals surface area contributed by atoms with Crippen molar-refractivity contribution in [2.45, 2.75) is 6.42 Å². The number of carbonyl (C=O) groups excluding carboxylic acids is 1. The minimum atomic E-state index is -0.0686. The zero-order chi connectivity index (χ0) is 17.9. The topological polar surface area (TPSA) is 42.0 Å². The highest BCUT2D eigenvalue weighted by Crippen LogP contribution is 2.36. The summed E-state index contributed by atoms with van der Waals surface area (Å²) in [4.78, 5) is 17.1. The molecule has 0 atom stereocenters. The lowest BCUT2D eigenvalue weighted by Crippen LogP contribution is -2.15. The van der Waals surface area contributed by atoms with Gasteiger partial charge >= 0.3 is 0 Å². The van der Waals surface area contributed by atoms with Crippen LogP contribution in [0.2, 0.25) is 5.02 Å². The number of carbonyl (C=O) groups is 1. The number of nitrogens with zero attached hydrogens (tertiary/aromatic N) is 1. The third-order valence-electron chi connectivity index (χ3n) is 3.99. The van der Waals surface area contributed by atoms with E-state index in [9.17, 15) is 4.79 Å². The second kappa shape index (κ2) is 7.28. The van der Waals surface area contributed by atoms with Gasteiger partial charge in [0, 0.05) is 10.6 Å². The van der Waals surface area contributed by atoms with Gasteiger partial charge in [-0.15, -0.1) is 11.3 Å². The van der Waals surface area contributed by atoms with Crippen LogP contribution in [-0.4, -0.2) is 10.9 Å². The minimum Gasteiger partial charge on any atom is -0.325 e. The van der Waals surface area contributed by atoms with Gasteiger partial charge in [0.05, 0.1) is 22.3 Å². The molecule has 1 amide bonds. The molecule has 3 nitrogen and oxygen atoms in total. The highest BCUT2D eigenvalue weighted by atomic mass is 35.5.